The Balaban J connectivity index is 2.55. The number of halogens is 1. The van der Waals surface area contributed by atoms with Crippen molar-refractivity contribution in [3.63, 3.8) is 0 Å². The van der Waals surface area contributed by atoms with Crippen molar-refractivity contribution in [3.8, 4) is 17.0 Å². The normalized spacial score (nSPS) is 10.3. The maximum Gasteiger partial charge on any atom is 0.128 e. The van der Waals surface area contributed by atoms with Crippen molar-refractivity contribution >= 4 is 0 Å². The summed E-state index contributed by atoms with van der Waals surface area (Å²) < 4.78 is 18.3. The second-order valence-corrected chi connectivity index (χ2v) is 3.44. The number of aryl methyl sites for hydroxylation is 1. The number of ether oxygens (including phenoxy) is 1. The van der Waals surface area contributed by atoms with Crippen molar-refractivity contribution in [2.24, 2.45) is 0 Å². The van der Waals surface area contributed by atoms with Crippen LogP contribution in [0.4, 0.5) is 4.39 Å². The Kier molecular flexibility index (Phi) is 2.46. The summed E-state index contributed by atoms with van der Waals surface area (Å²) >= 11 is 0. The van der Waals surface area contributed by atoms with Crippen molar-refractivity contribution in [2.75, 3.05) is 7.11 Å². The Morgan fingerprint density at radius 1 is 1.27 bits per heavy atom. The zero-order valence-electron chi connectivity index (χ0n) is 8.67. The molecule has 15 heavy (non-hydrogen) atoms. The summed E-state index contributed by atoms with van der Waals surface area (Å²) in [4.78, 5) is 3.08. The molecule has 0 amide bonds. The standard InChI is InChI=1S/C12H12FNO/c1-8-5-11(14-7-8)10-6-9(13)3-4-12(10)15-2/h3-7,14H,1-2H3. The highest BCUT2D eigenvalue weighted by atomic mass is 19.1. The summed E-state index contributed by atoms with van der Waals surface area (Å²) in [5.74, 6) is 0.399. The molecular weight excluding hydrogens is 193 g/mol. The number of aromatic amines is 1. The molecule has 0 aliphatic rings. The Hall–Kier alpha value is -1.77. The molecular formula is C12H12FNO. The Labute approximate surface area is 87.7 Å². The summed E-state index contributed by atoms with van der Waals surface area (Å²) in [6, 6.07) is 6.43. The van der Waals surface area contributed by atoms with Crippen LogP contribution in [0.25, 0.3) is 11.3 Å². The molecule has 0 atom stereocenters. The number of hydrogen-bond acceptors (Lipinski definition) is 1. The second kappa shape index (κ2) is 3.77. The van der Waals surface area contributed by atoms with Gasteiger partial charge in [0.05, 0.1) is 7.11 Å². The highest BCUT2D eigenvalue weighted by Gasteiger charge is 2.08. The van der Waals surface area contributed by atoms with Crippen LogP contribution in [-0.2, 0) is 0 Å². The van der Waals surface area contributed by atoms with Crippen molar-refractivity contribution in [1.29, 1.82) is 0 Å². The van der Waals surface area contributed by atoms with Gasteiger partial charge in [-0.3, -0.25) is 0 Å². The van der Waals surface area contributed by atoms with Crippen molar-refractivity contribution in [3.05, 3.63) is 41.8 Å². The molecule has 2 aromatic rings. The van der Waals surface area contributed by atoms with Crippen LogP contribution in [0, 0.1) is 12.7 Å². The monoisotopic (exact) mass is 205 g/mol. The number of benzene rings is 1. The second-order valence-electron chi connectivity index (χ2n) is 3.44. The summed E-state index contributed by atoms with van der Waals surface area (Å²) in [5.41, 5.74) is 2.71. The van der Waals surface area contributed by atoms with Crippen LogP contribution in [0.2, 0.25) is 0 Å². The van der Waals surface area contributed by atoms with Gasteiger partial charge in [0, 0.05) is 17.5 Å². The van der Waals surface area contributed by atoms with E-state index in [4.69, 9.17) is 4.74 Å². The van der Waals surface area contributed by atoms with Crippen molar-refractivity contribution in [1.82, 2.24) is 4.98 Å². The first-order chi connectivity index (χ1) is 7.20. The first-order valence-electron chi connectivity index (χ1n) is 4.69. The lowest BCUT2D eigenvalue weighted by atomic mass is 10.1. The first-order valence-corrected chi connectivity index (χ1v) is 4.69. The number of hydrogen-bond donors (Lipinski definition) is 1. The Bertz CT molecular complexity index is 476. The molecule has 1 N–H and O–H groups in total. The third kappa shape index (κ3) is 1.86. The lowest BCUT2D eigenvalue weighted by molar-refractivity contribution is 0.415. The summed E-state index contributed by atoms with van der Waals surface area (Å²) in [6.07, 6.45) is 1.87. The van der Waals surface area contributed by atoms with E-state index in [0.717, 1.165) is 16.8 Å². The van der Waals surface area contributed by atoms with Crippen LogP contribution in [0.3, 0.4) is 0 Å². The van der Waals surface area contributed by atoms with Crippen LogP contribution in [-0.4, -0.2) is 12.1 Å². The van der Waals surface area contributed by atoms with E-state index in [0.29, 0.717) is 5.75 Å². The quantitative estimate of drug-likeness (QED) is 0.800. The zero-order valence-corrected chi connectivity index (χ0v) is 8.67. The summed E-state index contributed by atoms with van der Waals surface area (Å²) in [7, 11) is 1.58. The van der Waals surface area contributed by atoms with Crippen LogP contribution in [0.5, 0.6) is 5.75 Å². The van der Waals surface area contributed by atoms with E-state index in [-0.39, 0.29) is 5.82 Å². The summed E-state index contributed by atoms with van der Waals surface area (Å²) in [5, 5.41) is 0. The fourth-order valence-corrected chi connectivity index (χ4v) is 1.55. The number of aromatic nitrogens is 1. The average molecular weight is 205 g/mol. The number of nitrogens with one attached hydrogen (secondary N) is 1. The van der Waals surface area contributed by atoms with Gasteiger partial charge < -0.3 is 9.72 Å². The minimum Gasteiger partial charge on any atom is -0.496 e. The molecule has 0 saturated heterocycles. The minimum atomic E-state index is -0.266. The van der Waals surface area contributed by atoms with E-state index in [2.05, 4.69) is 4.98 Å². The van der Waals surface area contributed by atoms with Gasteiger partial charge in [-0.1, -0.05) is 0 Å². The van der Waals surface area contributed by atoms with E-state index in [1.165, 1.54) is 12.1 Å². The first kappa shape index (κ1) is 9.77. The van der Waals surface area contributed by atoms with Gasteiger partial charge in [-0.2, -0.15) is 0 Å². The lowest BCUT2D eigenvalue weighted by Crippen LogP contribution is -1.89. The van der Waals surface area contributed by atoms with Gasteiger partial charge in [0.25, 0.3) is 0 Å². The average Bonchev–Trinajstić information content (AvgIpc) is 2.65. The van der Waals surface area contributed by atoms with E-state index in [1.807, 2.05) is 19.2 Å². The van der Waals surface area contributed by atoms with E-state index in [9.17, 15) is 4.39 Å². The van der Waals surface area contributed by atoms with Crippen molar-refractivity contribution in [2.45, 2.75) is 6.92 Å². The Morgan fingerprint density at radius 3 is 2.67 bits per heavy atom. The van der Waals surface area contributed by atoms with E-state index < -0.39 is 0 Å². The minimum absolute atomic E-state index is 0.266. The third-order valence-corrected chi connectivity index (χ3v) is 2.28. The van der Waals surface area contributed by atoms with Crippen LogP contribution in [0.15, 0.2) is 30.5 Å². The fourth-order valence-electron chi connectivity index (χ4n) is 1.55. The molecule has 0 spiro atoms. The van der Waals surface area contributed by atoms with Crippen LogP contribution < -0.4 is 4.74 Å². The van der Waals surface area contributed by atoms with E-state index in [1.54, 1.807) is 13.2 Å². The largest absolute Gasteiger partial charge is 0.496 e. The molecule has 0 aliphatic heterocycles. The van der Waals surface area contributed by atoms with Gasteiger partial charge in [-0.05, 0) is 36.8 Å². The van der Waals surface area contributed by atoms with Crippen molar-refractivity contribution < 1.29 is 9.13 Å². The van der Waals surface area contributed by atoms with Crippen LogP contribution in [0.1, 0.15) is 5.56 Å². The molecule has 1 aromatic heterocycles. The molecule has 2 nitrogen and oxygen atoms in total. The Morgan fingerprint density at radius 2 is 2.07 bits per heavy atom. The molecule has 2 rings (SSSR count). The summed E-state index contributed by atoms with van der Waals surface area (Å²) in [6.45, 7) is 1.98. The highest BCUT2D eigenvalue weighted by Crippen LogP contribution is 2.29. The molecule has 0 radical (unpaired) electrons. The number of H-pyrrole nitrogens is 1. The smallest absolute Gasteiger partial charge is 0.128 e. The van der Waals surface area contributed by atoms with Gasteiger partial charge in [0.2, 0.25) is 0 Å². The fraction of sp³-hybridized carbons (Fsp3) is 0.167. The molecule has 0 fully saturated rings. The maximum absolute atomic E-state index is 13.1. The van der Waals surface area contributed by atoms with Gasteiger partial charge in [0.15, 0.2) is 0 Å². The molecule has 1 heterocycles. The molecule has 78 valence electrons. The number of rotatable bonds is 2. The van der Waals surface area contributed by atoms with Gasteiger partial charge >= 0.3 is 0 Å². The highest BCUT2D eigenvalue weighted by molar-refractivity contribution is 5.68. The molecule has 3 heteroatoms. The van der Waals surface area contributed by atoms with Gasteiger partial charge in [0.1, 0.15) is 11.6 Å². The predicted octanol–water partition coefficient (Wildman–Crippen LogP) is 3.14. The molecule has 1 aromatic carbocycles. The molecule has 0 bridgehead atoms. The lowest BCUT2D eigenvalue weighted by Gasteiger charge is -2.06. The van der Waals surface area contributed by atoms with Gasteiger partial charge in [-0.15, -0.1) is 0 Å². The topological polar surface area (TPSA) is 25.0 Å². The zero-order chi connectivity index (χ0) is 10.8. The van der Waals surface area contributed by atoms with E-state index >= 15 is 0 Å². The SMILES string of the molecule is COc1ccc(F)cc1-c1cc(C)c[nH]1. The third-order valence-electron chi connectivity index (χ3n) is 2.28. The van der Waals surface area contributed by atoms with Gasteiger partial charge in [-0.25, -0.2) is 4.39 Å². The molecule has 0 saturated carbocycles. The maximum atomic E-state index is 13.1. The number of methoxy groups -OCH3 is 1. The van der Waals surface area contributed by atoms with Crippen LogP contribution >= 0.6 is 0 Å². The molecule has 0 aliphatic carbocycles. The predicted molar refractivity (Wildman–Crippen MR) is 57.5 cm³/mol. The molecule has 0 unspecified atom stereocenters.